The van der Waals surface area contributed by atoms with E-state index in [4.69, 9.17) is 11.0 Å². The van der Waals surface area contributed by atoms with Crippen molar-refractivity contribution < 1.29 is 4.79 Å². The molecule has 4 heteroatoms. The molecule has 4 nitrogen and oxygen atoms in total. The summed E-state index contributed by atoms with van der Waals surface area (Å²) in [4.78, 5) is 11.1. The second-order valence-corrected chi connectivity index (χ2v) is 4.90. The number of nitrogens with one attached hydrogen (secondary N) is 1. The average molecular weight is 279 g/mol. The van der Waals surface area contributed by atoms with Gasteiger partial charge in [-0.05, 0) is 36.2 Å². The number of benzene rings is 2. The van der Waals surface area contributed by atoms with Crippen molar-refractivity contribution in [3.8, 4) is 6.07 Å². The lowest BCUT2D eigenvalue weighted by Gasteiger charge is -2.18. The van der Waals surface area contributed by atoms with Crippen LogP contribution in [0, 0.1) is 11.3 Å². The van der Waals surface area contributed by atoms with Gasteiger partial charge in [0.1, 0.15) is 0 Å². The van der Waals surface area contributed by atoms with E-state index in [2.05, 4.69) is 11.4 Å². The van der Waals surface area contributed by atoms with Gasteiger partial charge in [0.25, 0.3) is 0 Å². The minimum Gasteiger partial charge on any atom is -0.378 e. The number of hydrogen-bond acceptors (Lipinski definition) is 3. The fraction of sp³-hybridized carbons (Fsp3) is 0.176. The lowest BCUT2D eigenvalue weighted by Crippen LogP contribution is -2.16. The van der Waals surface area contributed by atoms with Crippen LogP contribution in [-0.4, -0.2) is 5.91 Å². The molecular formula is C17H17N3O. The molecule has 0 bridgehead atoms. The minimum atomic E-state index is -0.352. The number of para-hydroxylation sites is 1. The van der Waals surface area contributed by atoms with Crippen LogP contribution in [0.25, 0.3) is 0 Å². The van der Waals surface area contributed by atoms with Crippen molar-refractivity contribution in [1.29, 1.82) is 5.26 Å². The molecule has 3 N–H and O–H groups in total. The summed E-state index contributed by atoms with van der Waals surface area (Å²) in [7, 11) is 0. The van der Waals surface area contributed by atoms with Crippen LogP contribution in [-0.2, 0) is 11.2 Å². The highest BCUT2D eigenvalue weighted by Gasteiger charge is 2.09. The number of primary amides is 1. The molecule has 0 fully saturated rings. The predicted molar refractivity (Wildman–Crippen MR) is 82.5 cm³/mol. The number of rotatable bonds is 5. The first kappa shape index (κ1) is 14.6. The van der Waals surface area contributed by atoms with E-state index in [0.717, 1.165) is 16.8 Å². The largest absolute Gasteiger partial charge is 0.378 e. The van der Waals surface area contributed by atoms with E-state index in [0.29, 0.717) is 5.56 Å². The molecule has 0 heterocycles. The molecule has 2 rings (SSSR count). The lowest BCUT2D eigenvalue weighted by atomic mass is 10.0. The van der Waals surface area contributed by atoms with E-state index in [9.17, 15) is 4.79 Å². The monoisotopic (exact) mass is 279 g/mol. The average Bonchev–Trinajstić information content (AvgIpc) is 2.49. The van der Waals surface area contributed by atoms with E-state index >= 15 is 0 Å². The molecule has 1 unspecified atom stereocenters. The number of nitrogens with two attached hydrogens (primary N) is 1. The first-order chi connectivity index (χ1) is 10.1. The summed E-state index contributed by atoms with van der Waals surface area (Å²) in [6.07, 6.45) is 0.212. The highest BCUT2D eigenvalue weighted by atomic mass is 16.1. The van der Waals surface area contributed by atoms with Crippen LogP contribution in [0.1, 0.15) is 29.7 Å². The Morgan fingerprint density at radius 2 is 1.90 bits per heavy atom. The van der Waals surface area contributed by atoms with Gasteiger partial charge in [-0.15, -0.1) is 0 Å². The van der Waals surface area contributed by atoms with E-state index < -0.39 is 0 Å². The number of carbonyl (C=O) groups excluding carboxylic acids is 1. The molecule has 2 aromatic carbocycles. The Labute approximate surface area is 124 Å². The zero-order valence-corrected chi connectivity index (χ0v) is 11.8. The van der Waals surface area contributed by atoms with E-state index in [1.54, 1.807) is 12.1 Å². The highest BCUT2D eigenvalue weighted by Crippen LogP contribution is 2.23. The number of hydrogen-bond donors (Lipinski definition) is 2. The Morgan fingerprint density at radius 3 is 2.52 bits per heavy atom. The fourth-order valence-corrected chi connectivity index (χ4v) is 2.17. The molecule has 0 radical (unpaired) electrons. The van der Waals surface area contributed by atoms with Crippen molar-refractivity contribution in [2.24, 2.45) is 5.73 Å². The van der Waals surface area contributed by atoms with E-state index in [1.165, 1.54) is 0 Å². The van der Waals surface area contributed by atoms with Crippen molar-refractivity contribution in [2.45, 2.75) is 19.4 Å². The van der Waals surface area contributed by atoms with Crippen molar-refractivity contribution in [3.05, 3.63) is 65.2 Å². The Balaban J connectivity index is 2.17. The van der Waals surface area contributed by atoms with E-state index in [-0.39, 0.29) is 18.4 Å². The molecule has 0 aliphatic heterocycles. The molecule has 106 valence electrons. The predicted octanol–water partition coefficient (Wildman–Crippen LogP) is 2.76. The van der Waals surface area contributed by atoms with Crippen molar-refractivity contribution in [3.63, 3.8) is 0 Å². The summed E-state index contributed by atoms with van der Waals surface area (Å²) in [5.41, 5.74) is 8.76. The maximum atomic E-state index is 11.1. The van der Waals surface area contributed by atoms with Crippen LogP contribution in [0.2, 0.25) is 0 Å². The standard InChI is InChI=1S/C17H17N3O/c1-12(14-8-6-13(11-18)7-9-14)20-16-5-3-2-4-15(16)10-17(19)21/h2-9,12,20H,10H2,1H3,(H2,19,21). The molecule has 0 aliphatic rings. The summed E-state index contributed by atoms with van der Waals surface area (Å²) in [6, 6.07) is 17.2. The molecule has 21 heavy (non-hydrogen) atoms. The SMILES string of the molecule is CC(Nc1ccccc1CC(N)=O)c1ccc(C#N)cc1. The van der Waals surface area contributed by atoms with Gasteiger partial charge in [0.15, 0.2) is 0 Å². The van der Waals surface area contributed by atoms with Crippen molar-refractivity contribution in [2.75, 3.05) is 5.32 Å². The van der Waals surface area contributed by atoms with Crippen LogP contribution < -0.4 is 11.1 Å². The van der Waals surface area contributed by atoms with Crippen LogP contribution >= 0.6 is 0 Å². The quantitative estimate of drug-likeness (QED) is 0.883. The number of carbonyl (C=O) groups is 1. The number of nitrogens with zero attached hydrogens (tertiary/aromatic N) is 1. The molecule has 0 spiro atoms. The Kier molecular flexibility index (Phi) is 4.57. The van der Waals surface area contributed by atoms with Crippen LogP contribution in [0.15, 0.2) is 48.5 Å². The maximum Gasteiger partial charge on any atom is 0.221 e. The molecule has 1 atom stereocenters. The third-order valence-corrected chi connectivity index (χ3v) is 3.29. The summed E-state index contributed by atoms with van der Waals surface area (Å²) in [5.74, 6) is -0.352. The summed E-state index contributed by atoms with van der Waals surface area (Å²) in [5, 5.41) is 12.2. The van der Waals surface area contributed by atoms with Gasteiger partial charge in [-0.3, -0.25) is 4.79 Å². The van der Waals surface area contributed by atoms with Gasteiger partial charge in [-0.25, -0.2) is 0 Å². The van der Waals surface area contributed by atoms with Gasteiger partial charge < -0.3 is 11.1 Å². The number of anilines is 1. The maximum absolute atomic E-state index is 11.1. The van der Waals surface area contributed by atoms with Gasteiger partial charge >= 0.3 is 0 Å². The van der Waals surface area contributed by atoms with Crippen LogP contribution in [0.5, 0.6) is 0 Å². The van der Waals surface area contributed by atoms with Crippen LogP contribution in [0.4, 0.5) is 5.69 Å². The molecule has 0 saturated carbocycles. The fourth-order valence-electron chi connectivity index (χ4n) is 2.17. The molecule has 2 aromatic rings. The summed E-state index contributed by atoms with van der Waals surface area (Å²) in [6.45, 7) is 2.03. The van der Waals surface area contributed by atoms with E-state index in [1.807, 2.05) is 43.3 Å². The highest BCUT2D eigenvalue weighted by molar-refractivity contribution is 5.78. The normalized spacial score (nSPS) is 11.4. The van der Waals surface area contributed by atoms with Gasteiger partial charge in [-0.1, -0.05) is 30.3 Å². The third kappa shape index (κ3) is 3.83. The molecule has 0 aliphatic carbocycles. The smallest absolute Gasteiger partial charge is 0.221 e. The van der Waals surface area contributed by atoms with Gasteiger partial charge in [0.2, 0.25) is 5.91 Å². The van der Waals surface area contributed by atoms with Gasteiger partial charge in [0, 0.05) is 11.7 Å². The first-order valence-corrected chi connectivity index (χ1v) is 6.73. The molecule has 0 aromatic heterocycles. The summed E-state index contributed by atoms with van der Waals surface area (Å²) < 4.78 is 0. The summed E-state index contributed by atoms with van der Waals surface area (Å²) >= 11 is 0. The molecular weight excluding hydrogens is 262 g/mol. The van der Waals surface area contributed by atoms with Gasteiger partial charge in [0.05, 0.1) is 18.1 Å². The molecule has 1 amide bonds. The number of nitriles is 1. The van der Waals surface area contributed by atoms with Crippen molar-refractivity contribution in [1.82, 2.24) is 0 Å². The minimum absolute atomic E-state index is 0.0618. The topological polar surface area (TPSA) is 78.9 Å². The van der Waals surface area contributed by atoms with Crippen LogP contribution in [0.3, 0.4) is 0 Å². The number of amides is 1. The third-order valence-electron chi connectivity index (χ3n) is 3.29. The Morgan fingerprint density at radius 1 is 1.24 bits per heavy atom. The zero-order chi connectivity index (χ0) is 15.2. The Bertz CT molecular complexity index is 671. The van der Waals surface area contributed by atoms with Gasteiger partial charge in [-0.2, -0.15) is 5.26 Å². The van der Waals surface area contributed by atoms with Crippen molar-refractivity contribution >= 4 is 11.6 Å². The zero-order valence-electron chi connectivity index (χ0n) is 11.8. The second kappa shape index (κ2) is 6.58. The first-order valence-electron chi connectivity index (χ1n) is 6.73. The second-order valence-electron chi connectivity index (χ2n) is 4.90. The Hall–Kier alpha value is -2.80. The molecule has 0 saturated heterocycles. The lowest BCUT2D eigenvalue weighted by molar-refractivity contribution is -0.117.